The second-order valence-electron chi connectivity index (χ2n) is 5.37. The number of urea groups is 1. The second-order valence-corrected chi connectivity index (χ2v) is 6.15. The lowest BCUT2D eigenvalue weighted by Gasteiger charge is -2.31. The summed E-state index contributed by atoms with van der Waals surface area (Å²) in [6, 6.07) is 4.83. The van der Waals surface area contributed by atoms with Crippen molar-refractivity contribution in [3.63, 3.8) is 0 Å². The molecule has 0 unspecified atom stereocenters. The number of nitrogens with one attached hydrogen (secondary N) is 2. The summed E-state index contributed by atoms with van der Waals surface area (Å²) in [7, 11) is 0. The van der Waals surface area contributed by atoms with Crippen LogP contribution in [0.3, 0.4) is 0 Å². The molecule has 1 spiro atoms. The van der Waals surface area contributed by atoms with Gasteiger partial charge in [-0.05, 0) is 37.6 Å². The average molecular weight is 328 g/mol. The van der Waals surface area contributed by atoms with Gasteiger partial charge in [0.15, 0.2) is 0 Å². The van der Waals surface area contributed by atoms with Crippen LogP contribution in [0.25, 0.3) is 0 Å². The summed E-state index contributed by atoms with van der Waals surface area (Å²) in [5.41, 5.74) is -0.0911. The van der Waals surface area contributed by atoms with E-state index in [0.717, 1.165) is 13.1 Å². The Hall–Kier alpha value is -1.30. The van der Waals surface area contributed by atoms with E-state index in [2.05, 4.69) is 10.6 Å². The van der Waals surface area contributed by atoms with E-state index in [0.29, 0.717) is 28.5 Å². The molecule has 0 saturated carbocycles. The lowest BCUT2D eigenvalue weighted by atomic mass is 9.88. The Labute approximate surface area is 132 Å². The predicted octanol–water partition coefficient (Wildman–Crippen LogP) is 2.17. The molecule has 2 saturated heterocycles. The van der Waals surface area contributed by atoms with Crippen molar-refractivity contribution >= 4 is 35.1 Å². The molecule has 2 N–H and O–H groups in total. The summed E-state index contributed by atoms with van der Waals surface area (Å²) in [6.07, 6.45) is 1.22. The Morgan fingerprint density at radius 1 is 1.19 bits per heavy atom. The van der Waals surface area contributed by atoms with Crippen molar-refractivity contribution in [3.8, 4) is 0 Å². The van der Waals surface area contributed by atoms with Gasteiger partial charge < -0.3 is 10.6 Å². The molecule has 3 amide bonds. The number of halogens is 2. The van der Waals surface area contributed by atoms with E-state index < -0.39 is 5.54 Å². The molecule has 1 aromatic carbocycles. The maximum Gasteiger partial charge on any atom is 0.325 e. The van der Waals surface area contributed by atoms with Crippen molar-refractivity contribution in [2.45, 2.75) is 24.9 Å². The first-order valence-corrected chi connectivity index (χ1v) is 7.57. The quantitative estimate of drug-likeness (QED) is 0.818. The molecule has 112 valence electrons. The Balaban J connectivity index is 1.84. The third kappa shape index (κ3) is 2.50. The van der Waals surface area contributed by atoms with Gasteiger partial charge in [0.2, 0.25) is 0 Å². The zero-order valence-electron chi connectivity index (χ0n) is 11.3. The zero-order valence-corrected chi connectivity index (χ0v) is 12.8. The average Bonchev–Trinajstić information content (AvgIpc) is 2.69. The van der Waals surface area contributed by atoms with Crippen LogP contribution in [0.15, 0.2) is 18.2 Å². The van der Waals surface area contributed by atoms with Gasteiger partial charge in [-0.3, -0.25) is 9.69 Å². The Morgan fingerprint density at radius 2 is 1.90 bits per heavy atom. The van der Waals surface area contributed by atoms with Crippen molar-refractivity contribution in [1.29, 1.82) is 0 Å². The van der Waals surface area contributed by atoms with Gasteiger partial charge in [0.25, 0.3) is 5.91 Å². The van der Waals surface area contributed by atoms with Crippen LogP contribution in [0.5, 0.6) is 0 Å². The summed E-state index contributed by atoms with van der Waals surface area (Å²) in [4.78, 5) is 26.0. The maximum absolute atomic E-state index is 12.6. The monoisotopic (exact) mass is 327 g/mol. The molecule has 0 bridgehead atoms. The molecule has 2 aliphatic heterocycles. The van der Waals surface area contributed by atoms with E-state index in [4.69, 9.17) is 23.2 Å². The molecule has 2 fully saturated rings. The van der Waals surface area contributed by atoms with Crippen LogP contribution in [0.4, 0.5) is 4.79 Å². The van der Waals surface area contributed by atoms with E-state index >= 15 is 0 Å². The smallest absolute Gasteiger partial charge is 0.323 e. The van der Waals surface area contributed by atoms with Crippen molar-refractivity contribution in [2.24, 2.45) is 0 Å². The van der Waals surface area contributed by atoms with Gasteiger partial charge in [0.05, 0.1) is 16.6 Å². The van der Waals surface area contributed by atoms with Gasteiger partial charge in [-0.15, -0.1) is 0 Å². The minimum Gasteiger partial charge on any atom is -0.323 e. The summed E-state index contributed by atoms with van der Waals surface area (Å²) in [5, 5.41) is 6.83. The number of carbonyl (C=O) groups is 2. The molecule has 0 aliphatic carbocycles. The highest BCUT2D eigenvalue weighted by Gasteiger charge is 2.51. The molecule has 3 rings (SSSR count). The number of rotatable bonds is 2. The molecule has 2 heterocycles. The number of hydrogen-bond donors (Lipinski definition) is 2. The number of piperidine rings is 1. The van der Waals surface area contributed by atoms with Crippen LogP contribution in [0.2, 0.25) is 10.0 Å². The number of benzene rings is 1. The van der Waals surface area contributed by atoms with Crippen LogP contribution in [-0.2, 0) is 11.3 Å². The first-order valence-electron chi connectivity index (χ1n) is 6.81. The van der Waals surface area contributed by atoms with E-state index in [1.165, 1.54) is 4.90 Å². The van der Waals surface area contributed by atoms with E-state index in [-0.39, 0.29) is 18.5 Å². The van der Waals surface area contributed by atoms with Gasteiger partial charge >= 0.3 is 6.03 Å². The van der Waals surface area contributed by atoms with Crippen LogP contribution in [0.1, 0.15) is 18.4 Å². The van der Waals surface area contributed by atoms with Crippen molar-refractivity contribution in [2.75, 3.05) is 13.1 Å². The Morgan fingerprint density at radius 3 is 2.62 bits per heavy atom. The molecule has 0 aromatic heterocycles. The maximum atomic E-state index is 12.6. The molecule has 7 heteroatoms. The molecular weight excluding hydrogens is 313 g/mol. The third-order valence-corrected chi connectivity index (χ3v) is 4.92. The van der Waals surface area contributed by atoms with Gasteiger partial charge in [0.1, 0.15) is 5.54 Å². The standard InChI is InChI=1S/C14H15Cl2N3O2/c15-10-3-1-2-9(11(10)16)8-19-12(20)14(18-13(19)21)4-6-17-7-5-14/h1-3,17H,4-8H2,(H,18,21). The number of hydrogen-bond acceptors (Lipinski definition) is 3. The number of amides is 3. The highest BCUT2D eigenvalue weighted by molar-refractivity contribution is 6.42. The van der Waals surface area contributed by atoms with Gasteiger partial charge in [0, 0.05) is 0 Å². The second kappa shape index (κ2) is 5.48. The van der Waals surface area contributed by atoms with Crippen molar-refractivity contribution in [3.05, 3.63) is 33.8 Å². The third-order valence-electron chi connectivity index (χ3n) is 4.06. The van der Waals surface area contributed by atoms with Crippen molar-refractivity contribution in [1.82, 2.24) is 15.5 Å². The number of carbonyl (C=O) groups excluding carboxylic acids is 2. The van der Waals surface area contributed by atoms with E-state index in [9.17, 15) is 9.59 Å². The Kier molecular flexibility index (Phi) is 3.82. The van der Waals surface area contributed by atoms with Gasteiger partial charge in [-0.25, -0.2) is 4.79 Å². The SMILES string of the molecule is O=C1NC2(CCNCC2)C(=O)N1Cc1cccc(Cl)c1Cl. The normalized spacial score (nSPS) is 21.0. The van der Waals surface area contributed by atoms with E-state index in [1.54, 1.807) is 18.2 Å². The first kappa shape index (κ1) is 14.6. The highest BCUT2D eigenvalue weighted by Crippen LogP contribution is 2.31. The fourth-order valence-electron chi connectivity index (χ4n) is 2.85. The lowest BCUT2D eigenvalue weighted by Crippen LogP contribution is -2.53. The summed E-state index contributed by atoms with van der Waals surface area (Å²) in [5.74, 6) is -0.176. The van der Waals surface area contributed by atoms with Gasteiger partial charge in [-0.1, -0.05) is 35.3 Å². The van der Waals surface area contributed by atoms with E-state index in [1.807, 2.05) is 0 Å². The first-order chi connectivity index (χ1) is 10.0. The van der Waals surface area contributed by atoms with Crippen LogP contribution >= 0.6 is 23.2 Å². The molecule has 2 aliphatic rings. The summed E-state index contributed by atoms with van der Waals surface area (Å²) in [6.45, 7) is 1.58. The summed E-state index contributed by atoms with van der Waals surface area (Å²) < 4.78 is 0. The predicted molar refractivity (Wildman–Crippen MR) is 80.4 cm³/mol. The van der Waals surface area contributed by atoms with Crippen LogP contribution < -0.4 is 10.6 Å². The number of imide groups is 1. The zero-order chi connectivity index (χ0) is 15.0. The fourth-order valence-corrected chi connectivity index (χ4v) is 3.23. The van der Waals surface area contributed by atoms with Crippen molar-refractivity contribution < 1.29 is 9.59 Å². The van der Waals surface area contributed by atoms with Gasteiger partial charge in [-0.2, -0.15) is 0 Å². The largest absolute Gasteiger partial charge is 0.325 e. The minimum atomic E-state index is -0.757. The highest BCUT2D eigenvalue weighted by atomic mass is 35.5. The lowest BCUT2D eigenvalue weighted by molar-refractivity contribution is -0.132. The molecular formula is C14H15Cl2N3O2. The molecule has 21 heavy (non-hydrogen) atoms. The molecule has 0 radical (unpaired) electrons. The summed E-state index contributed by atoms with van der Waals surface area (Å²) >= 11 is 12.1. The minimum absolute atomic E-state index is 0.138. The fraction of sp³-hybridized carbons (Fsp3) is 0.429. The molecule has 1 aromatic rings. The Bertz CT molecular complexity index is 600. The van der Waals surface area contributed by atoms with Crippen LogP contribution in [0, 0.1) is 0 Å². The number of nitrogens with zero attached hydrogens (tertiary/aromatic N) is 1. The topological polar surface area (TPSA) is 61.4 Å². The molecule has 0 atom stereocenters. The molecule has 5 nitrogen and oxygen atoms in total. The van der Waals surface area contributed by atoms with Crippen LogP contribution in [-0.4, -0.2) is 35.5 Å².